The van der Waals surface area contributed by atoms with Crippen molar-refractivity contribution < 1.29 is 14.9 Å². The van der Waals surface area contributed by atoms with Crippen LogP contribution in [-0.4, -0.2) is 47.3 Å². The van der Waals surface area contributed by atoms with Crippen LogP contribution < -0.4 is 10.1 Å². The van der Waals surface area contributed by atoms with Crippen LogP contribution in [0.4, 0.5) is 0 Å². The second kappa shape index (κ2) is 8.26. The summed E-state index contributed by atoms with van der Waals surface area (Å²) in [5.74, 6) is 0.583. The van der Waals surface area contributed by atoms with E-state index in [0.29, 0.717) is 12.3 Å². The molecule has 0 aromatic heterocycles. The van der Waals surface area contributed by atoms with Crippen LogP contribution >= 0.6 is 0 Å². The zero-order chi connectivity index (χ0) is 16.8. The summed E-state index contributed by atoms with van der Waals surface area (Å²) in [5, 5.41) is 22.8. The van der Waals surface area contributed by atoms with Crippen LogP contribution in [0.2, 0.25) is 0 Å². The molecule has 3 N–H and O–H groups in total. The summed E-state index contributed by atoms with van der Waals surface area (Å²) < 4.78 is 5.32. The van der Waals surface area contributed by atoms with E-state index in [1.165, 1.54) is 11.1 Å². The largest absolute Gasteiger partial charge is 0.451 e. The maximum Gasteiger partial charge on any atom is 0.257 e. The van der Waals surface area contributed by atoms with E-state index in [-0.39, 0.29) is 6.54 Å². The molecule has 5 heteroatoms. The first-order chi connectivity index (χ1) is 11.7. The number of fused-ring (bicyclic) bond motifs is 1. The highest BCUT2D eigenvalue weighted by molar-refractivity contribution is 5.29. The van der Waals surface area contributed by atoms with Crippen LogP contribution in [0.1, 0.15) is 11.1 Å². The van der Waals surface area contributed by atoms with Crippen molar-refractivity contribution >= 4 is 0 Å². The number of β-amino-alcohol motifs (C(OH)–C–C–N with tert-alkyl or cyclic N) is 1. The van der Waals surface area contributed by atoms with E-state index >= 15 is 0 Å². The summed E-state index contributed by atoms with van der Waals surface area (Å²) in [4.78, 5) is 2.24. The van der Waals surface area contributed by atoms with Crippen molar-refractivity contribution in [1.82, 2.24) is 10.2 Å². The Balaban J connectivity index is 1.41. The average Bonchev–Trinajstić information content (AvgIpc) is 2.61. The summed E-state index contributed by atoms with van der Waals surface area (Å²) >= 11 is 0. The monoisotopic (exact) mass is 328 g/mol. The molecule has 0 aliphatic carbocycles. The molecule has 0 saturated heterocycles. The number of aliphatic hydroxyl groups excluding tert-OH is 2. The third kappa shape index (κ3) is 4.79. The highest BCUT2D eigenvalue weighted by Crippen LogP contribution is 2.18. The normalized spacial score (nSPS) is 17.1. The first-order valence-corrected chi connectivity index (χ1v) is 8.31. The van der Waals surface area contributed by atoms with Gasteiger partial charge in [-0.1, -0.05) is 42.5 Å². The second-order valence-electron chi connectivity index (χ2n) is 6.10. The highest BCUT2D eigenvalue weighted by Gasteiger charge is 2.19. The van der Waals surface area contributed by atoms with Crippen LogP contribution in [0.3, 0.4) is 0 Å². The molecule has 1 aliphatic rings. The number of hydrogen-bond donors (Lipinski definition) is 3. The summed E-state index contributed by atoms with van der Waals surface area (Å²) in [6, 6.07) is 17.5. The second-order valence-corrected chi connectivity index (χ2v) is 6.10. The van der Waals surface area contributed by atoms with Gasteiger partial charge in [-0.25, -0.2) is 0 Å². The minimum absolute atomic E-state index is 0.270. The van der Waals surface area contributed by atoms with Gasteiger partial charge in [0.1, 0.15) is 5.75 Å². The third-order valence-electron chi connectivity index (χ3n) is 4.20. The van der Waals surface area contributed by atoms with Gasteiger partial charge in [0.05, 0.1) is 6.10 Å². The molecule has 1 heterocycles. The predicted octanol–water partition coefficient (Wildman–Crippen LogP) is 1.35. The van der Waals surface area contributed by atoms with Crippen molar-refractivity contribution in [3.8, 4) is 5.75 Å². The molecule has 0 bridgehead atoms. The van der Waals surface area contributed by atoms with Crippen molar-refractivity contribution in [3.05, 3.63) is 65.7 Å². The van der Waals surface area contributed by atoms with Crippen LogP contribution in [0, 0.1) is 0 Å². The molecular weight excluding hydrogens is 304 g/mol. The SMILES string of the molecule is OC(CNC(O)Oc1ccccc1)CN1CCc2ccccc2C1. The topological polar surface area (TPSA) is 65.0 Å². The van der Waals surface area contributed by atoms with Crippen LogP contribution in [0.25, 0.3) is 0 Å². The Hall–Kier alpha value is -1.92. The number of benzene rings is 2. The van der Waals surface area contributed by atoms with E-state index in [4.69, 9.17) is 4.74 Å². The number of para-hydroxylation sites is 1. The zero-order valence-electron chi connectivity index (χ0n) is 13.6. The highest BCUT2D eigenvalue weighted by atomic mass is 16.6. The van der Waals surface area contributed by atoms with Gasteiger partial charge in [0.15, 0.2) is 0 Å². The summed E-state index contributed by atoms with van der Waals surface area (Å²) in [6.45, 7) is 2.64. The Morgan fingerprint density at radius 3 is 2.50 bits per heavy atom. The smallest absolute Gasteiger partial charge is 0.257 e. The molecule has 3 rings (SSSR count). The average molecular weight is 328 g/mol. The third-order valence-corrected chi connectivity index (χ3v) is 4.20. The fourth-order valence-electron chi connectivity index (χ4n) is 2.98. The maximum atomic E-state index is 10.2. The van der Waals surface area contributed by atoms with E-state index in [9.17, 15) is 10.2 Å². The summed E-state index contributed by atoms with van der Waals surface area (Å²) in [5.41, 5.74) is 2.73. The lowest BCUT2D eigenvalue weighted by Crippen LogP contribution is -2.44. The lowest BCUT2D eigenvalue weighted by Gasteiger charge is -2.30. The number of aliphatic hydroxyl groups is 2. The van der Waals surface area contributed by atoms with Gasteiger partial charge in [0, 0.05) is 26.2 Å². The first kappa shape index (κ1) is 16.9. The predicted molar refractivity (Wildman–Crippen MR) is 92.5 cm³/mol. The number of nitrogens with one attached hydrogen (secondary N) is 1. The van der Waals surface area contributed by atoms with Gasteiger partial charge in [-0.2, -0.15) is 0 Å². The molecule has 0 amide bonds. The number of hydrogen-bond acceptors (Lipinski definition) is 5. The zero-order valence-corrected chi connectivity index (χ0v) is 13.6. The van der Waals surface area contributed by atoms with Crippen molar-refractivity contribution in [2.75, 3.05) is 19.6 Å². The minimum Gasteiger partial charge on any atom is -0.451 e. The van der Waals surface area contributed by atoms with E-state index in [0.717, 1.165) is 19.5 Å². The number of rotatable bonds is 7. The molecule has 0 radical (unpaired) electrons. The van der Waals surface area contributed by atoms with Gasteiger partial charge >= 0.3 is 0 Å². The van der Waals surface area contributed by atoms with Gasteiger partial charge < -0.3 is 14.9 Å². The first-order valence-electron chi connectivity index (χ1n) is 8.31. The van der Waals surface area contributed by atoms with E-state index in [1.807, 2.05) is 18.2 Å². The van der Waals surface area contributed by atoms with Gasteiger partial charge in [-0.15, -0.1) is 0 Å². The fraction of sp³-hybridized carbons (Fsp3) is 0.368. The van der Waals surface area contributed by atoms with Crippen LogP contribution in [0.15, 0.2) is 54.6 Å². The molecule has 0 saturated carbocycles. The molecule has 2 unspecified atom stereocenters. The van der Waals surface area contributed by atoms with Crippen molar-refractivity contribution in [2.24, 2.45) is 0 Å². The molecular formula is C19H24N2O3. The Bertz CT molecular complexity index is 636. The Kier molecular flexibility index (Phi) is 5.82. The molecule has 0 fully saturated rings. The maximum absolute atomic E-state index is 10.2. The Labute approximate surface area is 142 Å². The number of nitrogens with zero attached hydrogens (tertiary/aromatic N) is 1. The van der Waals surface area contributed by atoms with E-state index in [1.54, 1.807) is 12.1 Å². The van der Waals surface area contributed by atoms with Gasteiger partial charge in [0.25, 0.3) is 6.41 Å². The molecule has 2 atom stereocenters. The Morgan fingerprint density at radius 2 is 1.71 bits per heavy atom. The molecule has 5 nitrogen and oxygen atoms in total. The molecule has 24 heavy (non-hydrogen) atoms. The van der Waals surface area contributed by atoms with Crippen molar-refractivity contribution in [3.63, 3.8) is 0 Å². The number of ether oxygens (including phenoxy) is 1. The van der Waals surface area contributed by atoms with E-state index in [2.05, 4.69) is 34.5 Å². The van der Waals surface area contributed by atoms with Crippen molar-refractivity contribution in [2.45, 2.75) is 25.5 Å². The van der Waals surface area contributed by atoms with E-state index < -0.39 is 12.5 Å². The van der Waals surface area contributed by atoms with Gasteiger partial charge in [-0.3, -0.25) is 10.2 Å². The van der Waals surface area contributed by atoms with Crippen LogP contribution in [0.5, 0.6) is 5.75 Å². The van der Waals surface area contributed by atoms with Gasteiger partial charge in [-0.05, 0) is 29.7 Å². The quantitative estimate of drug-likeness (QED) is 0.670. The molecule has 1 aliphatic heterocycles. The molecule has 0 spiro atoms. The fourth-order valence-corrected chi connectivity index (χ4v) is 2.98. The molecule has 2 aromatic rings. The standard InChI is InChI=1S/C19H24N2O3/c22-17(12-20-19(23)24-18-8-2-1-3-9-18)14-21-11-10-15-6-4-5-7-16(15)13-21/h1-9,17,19-20,22-23H,10-14H2. The Morgan fingerprint density at radius 1 is 1.00 bits per heavy atom. The van der Waals surface area contributed by atoms with Crippen LogP contribution in [-0.2, 0) is 13.0 Å². The summed E-state index contributed by atoms with van der Waals surface area (Å²) in [6.07, 6.45) is -0.691. The minimum atomic E-state index is -1.14. The van der Waals surface area contributed by atoms with Gasteiger partial charge in [0.2, 0.25) is 0 Å². The van der Waals surface area contributed by atoms with Crippen molar-refractivity contribution in [1.29, 1.82) is 0 Å². The molecule has 2 aromatic carbocycles. The summed E-state index contributed by atoms with van der Waals surface area (Å²) in [7, 11) is 0. The lowest BCUT2D eigenvalue weighted by molar-refractivity contribution is -0.0521. The lowest BCUT2D eigenvalue weighted by atomic mass is 10.00. The molecule has 128 valence electrons.